The van der Waals surface area contributed by atoms with E-state index in [4.69, 9.17) is 54.8 Å². The molecule has 0 N–H and O–H groups in total. The molecule has 28 aromatic rings. The molecule has 28 rings (SSSR count). The third-order valence-electron chi connectivity index (χ3n) is 26.9. The van der Waals surface area contributed by atoms with Gasteiger partial charge in [-0.25, -0.2) is 39.9 Å². The monoisotopic (exact) mass is 1810 g/mol. The fourth-order valence-electron chi connectivity index (χ4n) is 19.8. The number of hydrogen-bond donors (Lipinski definition) is 0. The lowest BCUT2D eigenvalue weighted by Gasteiger charge is -2.15. The molecule has 0 fully saturated rings. The molecule has 0 spiro atoms. The number of hydrogen-bond acceptors (Lipinski definition) is 14. The van der Waals surface area contributed by atoms with Gasteiger partial charge in [-0.3, -0.25) is 29.9 Å². The molecule has 0 aliphatic heterocycles. The Balaban J connectivity index is 0.000000110. The van der Waals surface area contributed by atoms with Crippen LogP contribution in [0.1, 0.15) is 0 Å². The molecule has 0 amide bonds. The van der Waals surface area contributed by atoms with E-state index in [1.54, 1.807) is 0 Å². The van der Waals surface area contributed by atoms with E-state index < -0.39 is 0 Å². The first-order valence-electron chi connectivity index (χ1n) is 47.3. The number of rotatable bonds is 12. The van der Waals surface area contributed by atoms with Crippen LogP contribution in [-0.4, -0.2) is 69.8 Å². The Hall–Kier alpha value is -19.4. The van der Waals surface area contributed by atoms with Crippen LogP contribution in [0.5, 0.6) is 0 Å². The Bertz CT molecular complexity index is 9130. The second-order valence-corrected chi connectivity index (χ2v) is 35.5. The maximum atomic E-state index is 5.26. The zero-order valence-corrected chi connectivity index (χ0v) is 76.3. The molecule has 0 unspecified atom stereocenters. The van der Waals surface area contributed by atoms with E-state index in [-0.39, 0.29) is 0 Å². The van der Waals surface area contributed by atoms with E-state index in [0.717, 1.165) is 165 Å². The second-order valence-electron chi connectivity index (χ2n) is 35.5. The van der Waals surface area contributed by atoms with E-state index in [2.05, 4.69) is 391 Å². The molecule has 0 aliphatic rings. The van der Waals surface area contributed by atoms with Crippen molar-refractivity contribution >= 4 is 140 Å². The molecule has 0 saturated carbocycles. The number of nitrogens with zero attached hydrogens (tertiary/aromatic N) is 14. The first-order valence-corrected chi connectivity index (χ1v) is 47.3. The molecule has 142 heavy (non-hydrogen) atoms. The molecule has 14 heteroatoms. The van der Waals surface area contributed by atoms with Gasteiger partial charge in [-0.2, -0.15) is 0 Å². The van der Waals surface area contributed by atoms with Crippen LogP contribution in [0, 0.1) is 0 Å². The van der Waals surface area contributed by atoms with Gasteiger partial charge >= 0.3 is 0 Å². The summed E-state index contributed by atoms with van der Waals surface area (Å²) in [4.78, 5) is 69.1. The zero-order valence-electron chi connectivity index (χ0n) is 76.3. The van der Waals surface area contributed by atoms with Gasteiger partial charge in [0.25, 0.3) is 0 Å². The van der Waals surface area contributed by atoms with Crippen molar-refractivity contribution in [2.24, 2.45) is 0 Å². The second kappa shape index (κ2) is 35.7. The summed E-state index contributed by atoms with van der Waals surface area (Å²) in [6.07, 6.45) is 11.1. The van der Waals surface area contributed by atoms with Gasteiger partial charge in [-0.15, -0.1) is 0 Å². The Morgan fingerprint density at radius 3 is 0.704 bits per heavy atom. The number of aromatic nitrogens is 14. The third kappa shape index (κ3) is 15.8. The van der Waals surface area contributed by atoms with Crippen LogP contribution in [0.3, 0.4) is 0 Å². The maximum absolute atomic E-state index is 5.26. The Kier molecular flexibility index (Phi) is 20.9. The number of pyridine rings is 6. The average Bonchev–Trinajstić information content (AvgIpc) is 0.743. The molecule has 0 aliphatic carbocycles. The van der Waals surface area contributed by atoms with E-state index in [1.165, 1.54) is 53.9 Å². The minimum Gasteiger partial charge on any atom is -0.256 e. The maximum Gasteiger partial charge on any atom is 0.182 e. The minimum atomic E-state index is 0.520. The molecule has 0 saturated heterocycles. The van der Waals surface area contributed by atoms with Crippen LogP contribution >= 0.6 is 0 Å². The third-order valence-corrected chi connectivity index (χ3v) is 26.9. The van der Waals surface area contributed by atoms with E-state index in [9.17, 15) is 0 Å². The summed E-state index contributed by atoms with van der Waals surface area (Å²) in [6, 6.07) is 152. The van der Waals surface area contributed by atoms with Crippen molar-refractivity contribution in [1.82, 2.24) is 69.8 Å². The van der Waals surface area contributed by atoms with Crippen molar-refractivity contribution in [3.05, 3.63) is 474 Å². The van der Waals surface area contributed by atoms with Gasteiger partial charge in [0.05, 0.1) is 27.9 Å². The highest BCUT2D eigenvalue weighted by atomic mass is 15.1. The van der Waals surface area contributed by atoms with Crippen LogP contribution in [0.2, 0.25) is 0 Å². The van der Waals surface area contributed by atoms with Gasteiger partial charge in [0.2, 0.25) is 0 Å². The fraction of sp³-hybridized carbons (Fsp3) is 0. The van der Waals surface area contributed by atoms with Crippen molar-refractivity contribution in [2.45, 2.75) is 0 Å². The van der Waals surface area contributed by atoms with Crippen LogP contribution in [0.4, 0.5) is 0 Å². The molecule has 9 heterocycles. The lowest BCUT2D eigenvalue weighted by atomic mass is 9.93. The Morgan fingerprint density at radius 1 is 0.120 bits per heavy atom. The largest absolute Gasteiger partial charge is 0.256 e. The van der Waals surface area contributed by atoms with Gasteiger partial charge < -0.3 is 0 Å². The minimum absolute atomic E-state index is 0.520. The molecule has 9 aromatic heterocycles. The summed E-state index contributed by atoms with van der Waals surface area (Å²) >= 11 is 0. The predicted molar refractivity (Wildman–Crippen MR) is 581 cm³/mol. The molecule has 0 atom stereocenters. The van der Waals surface area contributed by atoms with Crippen LogP contribution in [0.25, 0.3) is 276 Å². The molecule has 0 radical (unpaired) electrons. The zero-order chi connectivity index (χ0) is 93.9. The summed E-state index contributed by atoms with van der Waals surface area (Å²) in [5.41, 5.74) is 18.7. The van der Waals surface area contributed by atoms with Crippen LogP contribution in [0.15, 0.2) is 474 Å². The lowest BCUT2D eigenvalue weighted by molar-refractivity contribution is 1.06. The first-order chi connectivity index (χ1) is 70.3. The highest BCUT2D eigenvalue weighted by molar-refractivity contribution is 6.18. The van der Waals surface area contributed by atoms with Crippen molar-refractivity contribution in [2.75, 3.05) is 0 Å². The van der Waals surface area contributed by atoms with Gasteiger partial charge in [0.1, 0.15) is 17.1 Å². The smallest absolute Gasteiger partial charge is 0.182 e. The van der Waals surface area contributed by atoms with Gasteiger partial charge in [0, 0.05) is 103 Å². The summed E-state index contributed by atoms with van der Waals surface area (Å²) in [6.45, 7) is 0. The van der Waals surface area contributed by atoms with Crippen molar-refractivity contribution in [1.29, 1.82) is 0 Å². The van der Waals surface area contributed by atoms with E-state index in [0.29, 0.717) is 57.9 Å². The molecule has 19 aromatic carbocycles. The average molecular weight is 1810 g/mol. The number of benzene rings is 19. The molecule has 0 bridgehead atoms. The lowest BCUT2D eigenvalue weighted by Crippen LogP contribution is -2.02. The molecule has 14 nitrogen and oxygen atoms in total. The van der Waals surface area contributed by atoms with Crippen molar-refractivity contribution < 1.29 is 0 Å². The van der Waals surface area contributed by atoms with Crippen molar-refractivity contribution in [3.8, 4) is 136 Å². The normalized spacial score (nSPS) is 11.5. The standard InChI is InChI=1S/C46H28N4.C45H27N5.C37H23N5/c1-3-13-34-31(10-1)24-40(38-17-7-5-15-36(34)38)44-27-45(41-25-32-11-2-4-14-35(32)37-16-6-8-18-39(37)41)50-46(49-44)42-22-21-33(28-48-42)30-20-19-29-12-9-23-47-43(29)26-30;1-3-13-33-30(10-1)24-39(37-17-7-5-15-35(33)37)43-48-44(40-25-31-11-2-4-14-34(31)36-16-6-8-18-38(36)40)50-45(49-43)41-22-21-32(27-47-41)29-20-19-28-12-9-23-46-42(28)26-29;1-3-8-27-20-30(15-11-24(27)6-1)35-40-36(31-16-12-25-7-2-4-9-28(25)21-31)42-37(41-35)33-18-17-32(23-39-33)29-14-13-26-10-5-19-38-34(26)22-29/h1-28H;1-27H;1-23H. The predicted octanol–water partition coefficient (Wildman–Crippen LogP) is 31.6. The molecule has 660 valence electrons. The number of fused-ring (bicyclic) bond motifs is 17. The topological polar surface area (TPSA) is 180 Å². The van der Waals surface area contributed by atoms with Crippen molar-refractivity contribution in [3.63, 3.8) is 0 Å². The van der Waals surface area contributed by atoms with E-state index >= 15 is 0 Å². The summed E-state index contributed by atoms with van der Waals surface area (Å²) in [7, 11) is 0. The summed E-state index contributed by atoms with van der Waals surface area (Å²) < 4.78 is 0. The van der Waals surface area contributed by atoms with Gasteiger partial charge in [0.15, 0.2) is 40.8 Å². The van der Waals surface area contributed by atoms with E-state index in [1.807, 2.05) is 97.8 Å². The quantitative estimate of drug-likeness (QED) is 0.105. The SMILES string of the molecule is c1ccc2cc(-c3nc(-c4ccc5ccccc5c4)nc(-c4ccc(-c5ccc6cccnc6c5)cn4)n3)ccc2c1.c1cnc2cc(-c3ccc(-c4nc(-c5cc6ccccc6c6ccccc56)cc(-c5cc6ccccc6c6ccccc56)n4)nc3)ccc2c1.c1cnc2cc(-c3ccc(-c4nc(-c5cc6ccccc6c6ccccc56)nc(-c5cc6ccccc6c6ccccc56)n4)nc3)ccc2c1. The van der Waals surface area contributed by atoms with Crippen LogP contribution < -0.4 is 0 Å². The Morgan fingerprint density at radius 2 is 0.366 bits per heavy atom. The molecular formula is C128H78N14. The van der Waals surface area contributed by atoms with Crippen LogP contribution in [-0.2, 0) is 0 Å². The highest BCUT2D eigenvalue weighted by Gasteiger charge is 2.24. The fourth-order valence-corrected chi connectivity index (χ4v) is 19.8. The summed E-state index contributed by atoms with van der Waals surface area (Å²) in [5, 5.41) is 26.6. The summed E-state index contributed by atoms with van der Waals surface area (Å²) in [5.74, 6) is 4.07. The Labute approximate surface area is 814 Å². The van der Waals surface area contributed by atoms with Gasteiger partial charge in [-0.05, 0) is 221 Å². The first kappa shape index (κ1) is 83.2. The highest BCUT2D eigenvalue weighted by Crippen LogP contribution is 2.44. The molecular weight excluding hydrogens is 1730 g/mol. The van der Waals surface area contributed by atoms with Gasteiger partial charge in [-0.1, -0.05) is 340 Å².